The third kappa shape index (κ3) is 5.10. The molecule has 3 N–H and O–H groups in total. The monoisotopic (exact) mass is 324 g/mol. The second kappa shape index (κ2) is 6.74. The van der Waals surface area contributed by atoms with Crippen LogP contribution in [0, 0.1) is 19.3 Å². The zero-order valence-electron chi connectivity index (χ0n) is 15.0. The molecule has 0 saturated carbocycles. The number of aryl methyl sites for hydroxylation is 2. The molecule has 0 aliphatic heterocycles. The Morgan fingerprint density at radius 2 is 1.83 bits per heavy atom. The van der Waals surface area contributed by atoms with Gasteiger partial charge in [0.05, 0.1) is 6.54 Å². The van der Waals surface area contributed by atoms with E-state index in [9.17, 15) is 14.7 Å². The molecule has 130 valence electrons. The maximum atomic E-state index is 12.1. The van der Waals surface area contributed by atoms with E-state index in [2.05, 4.69) is 10.6 Å². The summed E-state index contributed by atoms with van der Waals surface area (Å²) in [6.07, 6.45) is 0. The van der Waals surface area contributed by atoms with Crippen molar-refractivity contribution in [1.29, 1.82) is 0 Å². The number of rotatable bonds is 5. The van der Waals surface area contributed by atoms with Gasteiger partial charge in [0.2, 0.25) is 11.8 Å². The third-order valence-corrected chi connectivity index (χ3v) is 3.65. The molecular weight excluding hydrogens is 296 g/mol. The Kier molecular flexibility index (Phi) is 5.64. The summed E-state index contributed by atoms with van der Waals surface area (Å²) < 4.78 is 5.42. The van der Waals surface area contributed by atoms with E-state index in [4.69, 9.17) is 4.42 Å². The minimum Gasteiger partial charge on any atom is -0.466 e. The van der Waals surface area contributed by atoms with Crippen LogP contribution in [-0.2, 0) is 15.2 Å². The molecule has 1 heterocycles. The number of hydrogen-bond donors (Lipinski definition) is 3. The third-order valence-electron chi connectivity index (χ3n) is 3.65. The molecule has 0 radical (unpaired) electrons. The van der Waals surface area contributed by atoms with Crippen LogP contribution in [0.4, 0.5) is 0 Å². The average Bonchev–Trinajstić information content (AvgIpc) is 2.74. The van der Waals surface area contributed by atoms with E-state index in [0.717, 1.165) is 0 Å². The van der Waals surface area contributed by atoms with Crippen LogP contribution < -0.4 is 10.6 Å². The first kappa shape index (κ1) is 19.2. The molecule has 2 amide bonds. The molecule has 1 aromatic rings. The second-order valence-electron chi connectivity index (χ2n) is 7.26. The van der Waals surface area contributed by atoms with Crippen LogP contribution in [0.25, 0.3) is 0 Å². The molecule has 23 heavy (non-hydrogen) atoms. The van der Waals surface area contributed by atoms with Gasteiger partial charge in [0, 0.05) is 11.0 Å². The standard InChI is InChI=1S/C17H28N2O4/c1-10-8-13(12(3)23-10)17(7,22)9-18-14(20)11(2)19-15(21)16(4,5)6/h8,11,22H,9H2,1-7H3,(H,18,20)(H,19,21). The fourth-order valence-electron chi connectivity index (χ4n) is 2.15. The van der Waals surface area contributed by atoms with Crippen LogP contribution in [0.15, 0.2) is 10.5 Å². The van der Waals surface area contributed by atoms with Gasteiger partial charge in [-0.25, -0.2) is 0 Å². The largest absolute Gasteiger partial charge is 0.466 e. The van der Waals surface area contributed by atoms with Crippen molar-refractivity contribution >= 4 is 11.8 Å². The molecule has 2 atom stereocenters. The molecule has 6 heteroatoms. The normalized spacial score (nSPS) is 15.7. The number of amides is 2. The van der Waals surface area contributed by atoms with Gasteiger partial charge in [0.1, 0.15) is 23.2 Å². The maximum absolute atomic E-state index is 12.1. The zero-order valence-corrected chi connectivity index (χ0v) is 15.0. The van der Waals surface area contributed by atoms with Gasteiger partial charge < -0.3 is 20.2 Å². The Hall–Kier alpha value is -1.82. The number of furan rings is 1. The van der Waals surface area contributed by atoms with Gasteiger partial charge in [-0.1, -0.05) is 20.8 Å². The summed E-state index contributed by atoms with van der Waals surface area (Å²) in [4.78, 5) is 24.0. The number of aliphatic hydroxyl groups is 1. The summed E-state index contributed by atoms with van der Waals surface area (Å²) >= 11 is 0. The van der Waals surface area contributed by atoms with Crippen LogP contribution in [-0.4, -0.2) is 29.5 Å². The summed E-state index contributed by atoms with van der Waals surface area (Å²) in [5.74, 6) is 0.778. The Morgan fingerprint density at radius 1 is 1.26 bits per heavy atom. The Morgan fingerprint density at radius 3 is 2.26 bits per heavy atom. The molecule has 0 aliphatic carbocycles. The average molecular weight is 324 g/mol. The highest BCUT2D eigenvalue weighted by Gasteiger charge is 2.30. The Labute approximate surface area is 137 Å². The Balaban J connectivity index is 2.64. The first-order valence-electron chi connectivity index (χ1n) is 7.73. The fraction of sp³-hybridized carbons (Fsp3) is 0.647. The molecule has 2 unspecified atom stereocenters. The van der Waals surface area contributed by atoms with E-state index >= 15 is 0 Å². The number of hydrogen-bond acceptors (Lipinski definition) is 4. The molecule has 0 spiro atoms. The van der Waals surface area contributed by atoms with E-state index in [1.807, 2.05) is 0 Å². The van der Waals surface area contributed by atoms with E-state index < -0.39 is 17.1 Å². The first-order chi connectivity index (χ1) is 10.3. The van der Waals surface area contributed by atoms with Gasteiger partial charge >= 0.3 is 0 Å². The van der Waals surface area contributed by atoms with Crippen molar-refractivity contribution in [3.05, 3.63) is 23.2 Å². The lowest BCUT2D eigenvalue weighted by Gasteiger charge is -2.25. The molecule has 0 saturated heterocycles. The topological polar surface area (TPSA) is 91.6 Å². The quantitative estimate of drug-likeness (QED) is 0.770. The van der Waals surface area contributed by atoms with E-state index in [1.54, 1.807) is 54.5 Å². The molecule has 1 rings (SSSR count). The van der Waals surface area contributed by atoms with Crippen molar-refractivity contribution in [2.75, 3.05) is 6.54 Å². The molecule has 0 bridgehead atoms. The van der Waals surface area contributed by atoms with E-state index in [0.29, 0.717) is 17.1 Å². The lowest BCUT2D eigenvalue weighted by molar-refractivity contribution is -0.133. The molecule has 0 aromatic carbocycles. The molecule has 1 aromatic heterocycles. The smallest absolute Gasteiger partial charge is 0.242 e. The second-order valence-corrected chi connectivity index (χ2v) is 7.26. The van der Waals surface area contributed by atoms with Crippen LogP contribution >= 0.6 is 0 Å². The number of nitrogens with one attached hydrogen (secondary N) is 2. The van der Waals surface area contributed by atoms with Crippen LogP contribution in [0.5, 0.6) is 0 Å². The van der Waals surface area contributed by atoms with Crippen molar-refractivity contribution < 1.29 is 19.1 Å². The summed E-state index contributed by atoms with van der Waals surface area (Å²) in [7, 11) is 0. The molecule has 6 nitrogen and oxygen atoms in total. The summed E-state index contributed by atoms with van der Waals surface area (Å²) in [5.41, 5.74) is -1.17. The van der Waals surface area contributed by atoms with Gasteiger partial charge in [0.25, 0.3) is 0 Å². The predicted octanol–water partition coefficient (Wildman–Crippen LogP) is 1.77. The molecule has 0 aliphatic rings. The number of carbonyl (C=O) groups excluding carboxylic acids is 2. The van der Waals surface area contributed by atoms with Gasteiger partial charge in [0.15, 0.2) is 0 Å². The Bertz CT molecular complexity index is 582. The van der Waals surface area contributed by atoms with Gasteiger partial charge in [-0.2, -0.15) is 0 Å². The first-order valence-corrected chi connectivity index (χ1v) is 7.73. The molecular formula is C17H28N2O4. The van der Waals surface area contributed by atoms with Crippen molar-refractivity contribution in [2.45, 2.75) is 60.1 Å². The SMILES string of the molecule is Cc1cc(C(C)(O)CNC(=O)C(C)NC(=O)C(C)(C)C)c(C)o1. The summed E-state index contributed by atoms with van der Waals surface area (Å²) in [6, 6.07) is 1.08. The highest BCUT2D eigenvalue weighted by molar-refractivity contribution is 5.89. The van der Waals surface area contributed by atoms with Gasteiger partial charge in [-0.15, -0.1) is 0 Å². The highest BCUT2D eigenvalue weighted by atomic mass is 16.3. The van der Waals surface area contributed by atoms with Crippen molar-refractivity contribution in [1.82, 2.24) is 10.6 Å². The lowest BCUT2D eigenvalue weighted by atomic mass is 9.95. The fourth-order valence-corrected chi connectivity index (χ4v) is 2.15. The van der Waals surface area contributed by atoms with Crippen LogP contribution in [0.3, 0.4) is 0 Å². The van der Waals surface area contributed by atoms with E-state index in [1.165, 1.54) is 0 Å². The summed E-state index contributed by atoms with van der Waals surface area (Å²) in [5, 5.41) is 15.9. The van der Waals surface area contributed by atoms with Crippen molar-refractivity contribution in [3.63, 3.8) is 0 Å². The minimum atomic E-state index is -1.24. The predicted molar refractivity (Wildman–Crippen MR) is 87.8 cm³/mol. The van der Waals surface area contributed by atoms with Gasteiger partial charge in [-0.05, 0) is 33.8 Å². The minimum absolute atomic E-state index is 0.0291. The van der Waals surface area contributed by atoms with E-state index in [-0.39, 0.29) is 18.4 Å². The van der Waals surface area contributed by atoms with Crippen LogP contribution in [0.1, 0.15) is 51.7 Å². The van der Waals surface area contributed by atoms with Crippen molar-refractivity contribution in [2.24, 2.45) is 5.41 Å². The maximum Gasteiger partial charge on any atom is 0.242 e. The molecule has 0 fully saturated rings. The van der Waals surface area contributed by atoms with Gasteiger partial charge in [-0.3, -0.25) is 9.59 Å². The zero-order chi connectivity index (χ0) is 18.0. The number of carbonyl (C=O) groups is 2. The van der Waals surface area contributed by atoms with Crippen LogP contribution in [0.2, 0.25) is 0 Å². The highest BCUT2D eigenvalue weighted by Crippen LogP contribution is 2.26. The summed E-state index contributed by atoms with van der Waals surface area (Å²) in [6.45, 7) is 12.2. The lowest BCUT2D eigenvalue weighted by Crippen LogP contribution is -2.50. The van der Waals surface area contributed by atoms with Crippen molar-refractivity contribution in [3.8, 4) is 0 Å².